The highest BCUT2D eigenvalue weighted by Gasteiger charge is 2.14. The van der Waals surface area contributed by atoms with Crippen LogP contribution >= 0.6 is 0 Å². The highest BCUT2D eigenvalue weighted by Crippen LogP contribution is 2.27. The molecule has 0 fully saturated rings. The molecule has 1 aromatic carbocycles. The summed E-state index contributed by atoms with van der Waals surface area (Å²) in [5.41, 5.74) is 11.2. The normalized spacial score (nSPS) is 10.6. The van der Waals surface area contributed by atoms with Gasteiger partial charge in [-0.1, -0.05) is 18.2 Å². The number of aryl methyl sites for hydroxylation is 1. The van der Waals surface area contributed by atoms with Crippen LogP contribution in [0.5, 0.6) is 0 Å². The van der Waals surface area contributed by atoms with Crippen molar-refractivity contribution in [2.75, 3.05) is 5.73 Å². The van der Waals surface area contributed by atoms with E-state index in [1.54, 1.807) is 0 Å². The highest BCUT2D eigenvalue weighted by molar-refractivity contribution is 5.70. The van der Waals surface area contributed by atoms with E-state index >= 15 is 0 Å². The Labute approximate surface area is 117 Å². The lowest BCUT2D eigenvalue weighted by Crippen LogP contribution is -1.94. The predicted octanol–water partition coefficient (Wildman–Crippen LogP) is 2.96. The first-order valence-electron chi connectivity index (χ1n) is 6.40. The summed E-state index contributed by atoms with van der Waals surface area (Å²) < 4.78 is 1.98. The Bertz CT molecular complexity index is 824. The Morgan fingerprint density at radius 2 is 2.15 bits per heavy atom. The maximum Gasteiger partial charge on any atom is 0.140 e. The van der Waals surface area contributed by atoms with E-state index in [-0.39, 0.29) is 0 Å². The monoisotopic (exact) mass is 262 g/mol. The Morgan fingerprint density at radius 3 is 2.90 bits per heavy atom. The largest absolute Gasteiger partial charge is 0.399 e. The van der Waals surface area contributed by atoms with Crippen LogP contribution in [0.25, 0.3) is 16.9 Å². The van der Waals surface area contributed by atoms with Crippen LogP contribution in [0.1, 0.15) is 11.3 Å². The van der Waals surface area contributed by atoms with Crippen LogP contribution in [0.4, 0.5) is 5.69 Å². The van der Waals surface area contributed by atoms with Crippen LogP contribution in [0.15, 0.2) is 42.6 Å². The number of pyridine rings is 1. The second-order valence-electron chi connectivity index (χ2n) is 4.75. The number of nitrogen functional groups attached to an aromatic ring is 1. The van der Waals surface area contributed by atoms with E-state index in [2.05, 4.69) is 6.07 Å². The van der Waals surface area contributed by atoms with E-state index in [4.69, 9.17) is 16.0 Å². The number of aromatic nitrogens is 2. The summed E-state index contributed by atoms with van der Waals surface area (Å²) in [5.74, 6) is 0. The Morgan fingerprint density at radius 1 is 1.30 bits per heavy atom. The molecule has 0 spiro atoms. The molecule has 0 saturated carbocycles. The molecule has 0 aliphatic heterocycles. The standard InChI is InChI=1S/C16H14N4/c1-11-4-3-9-20-14(7-8-17)15(19-16(11)20)12-5-2-6-13(18)10-12/h2-6,9-10H,7,18H2,1H3. The molecule has 0 aliphatic rings. The first-order valence-corrected chi connectivity index (χ1v) is 6.40. The van der Waals surface area contributed by atoms with Gasteiger partial charge in [0.15, 0.2) is 0 Å². The first kappa shape index (κ1) is 12.2. The van der Waals surface area contributed by atoms with Gasteiger partial charge in [0.2, 0.25) is 0 Å². The van der Waals surface area contributed by atoms with Gasteiger partial charge in [0.25, 0.3) is 0 Å². The fourth-order valence-corrected chi connectivity index (χ4v) is 2.41. The topological polar surface area (TPSA) is 67.1 Å². The van der Waals surface area contributed by atoms with Crippen molar-refractivity contribution in [2.24, 2.45) is 0 Å². The van der Waals surface area contributed by atoms with E-state index in [0.717, 1.165) is 28.2 Å². The minimum absolute atomic E-state index is 0.314. The fraction of sp³-hybridized carbons (Fsp3) is 0.125. The summed E-state index contributed by atoms with van der Waals surface area (Å²) in [7, 11) is 0. The number of anilines is 1. The minimum Gasteiger partial charge on any atom is -0.399 e. The van der Waals surface area contributed by atoms with Gasteiger partial charge in [-0.15, -0.1) is 0 Å². The van der Waals surface area contributed by atoms with E-state index in [0.29, 0.717) is 12.1 Å². The quantitative estimate of drug-likeness (QED) is 0.722. The van der Waals surface area contributed by atoms with E-state index < -0.39 is 0 Å². The third-order valence-electron chi connectivity index (χ3n) is 3.35. The van der Waals surface area contributed by atoms with Crippen molar-refractivity contribution in [3.05, 3.63) is 53.9 Å². The zero-order chi connectivity index (χ0) is 14.1. The molecule has 3 rings (SSSR count). The van der Waals surface area contributed by atoms with Crippen LogP contribution in [-0.4, -0.2) is 9.38 Å². The van der Waals surface area contributed by atoms with Crippen molar-refractivity contribution >= 4 is 11.3 Å². The maximum atomic E-state index is 9.08. The van der Waals surface area contributed by atoms with Crippen molar-refractivity contribution < 1.29 is 0 Å². The van der Waals surface area contributed by atoms with Gasteiger partial charge >= 0.3 is 0 Å². The molecule has 4 nitrogen and oxygen atoms in total. The van der Waals surface area contributed by atoms with Crippen molar-refractivity contribution in [2.45, 2.75) is 13.3 Å². The van der Waals surface area contributed by atoms with Crippen LogP contribution < -0.4 is 5.73 Å². The summed E-state index contributed by atoms with van der Waals surface area (Å²) >= 11 is 0. The Kier molecular flexibility index (Phi) is 2.88. The number of benzene rings is 1. The molecular formula is C16H14N4. The number of rotatable bonds is 2. The van der Waals surface area contributed by atoms with Gasteiger partial charge in [-0.25, -0.2) is 4.98 Å². The number of hydrogen-bond acceptors (Lipinski definition) is 3. The van der Waals surface area contributed by atoms with Crippen LogP contribution in [0.2, 0.25) is 0 Å². The molecule has 0 atom stereocenters. The predicted molar refractivity (Wildman–Crippen MR) is 79.1 cm³/mol. The van der Waals surface area contributed by atoms with E-state index in [1.165, 1.54) is 0 Å². The molecule has 0 unspecified atom stereocenters. The lowest BCUT2D eigenvalue weighted by molar-refractivity contribution is 1.05. The number of nitrogens with two attached hydrogens (primary N) is 1. The number of fused-ring (bicyclic) bond motifs is 1. The van der Waals surface area contributed by atoms with Crippen molar-refractivity contribution in [1.29, 1.82) is 5.26 Å². The van der Waals surface area contributed by atoms with Gasteiger partial charge in [-0.2, -0.15) is 5.26 Å². The van der Waals surface area contributed by atoms with Crippen LogP contribution in [0, 0.1) is 18.3 Å². The summed E-state index contributed by atoms with van der Waals surface area (Å²) in [6, 6.07) is 13.8. The van der Waals surface area contributed by atoms with Gasteiger partial charge in [0.05, 0.1) is 23.9 Å². The zero-order valence-corrected chi connectivity index (χ0v) is 11.2. The van der Waals surface area contributed by atoms with Crippen molar-refractivity contribution in [3.8, 4) is 17.3 Å². The molecule has 3 aromatic rings. The minimum atomic E-state index is 0.314. The lowest BCUT2D eigenvalue weighted by atomic mass is 10.1. The summed E-state index contributed by atoms with van der Waals surface area (Å²) in [6.45, 7) is 2.02. The fourth-order valence-electron chi connectivity index (χ4n) is 2.41. The van der Waals surface area contributed by atoms with Gasteiger partial charge in [0, 0.05) is 17.4 Å². The van der Waals surface area contributed by atoms with E-state index in [9.17, 15) is 0 Å². The third kappa shape index (κ3) is 1.90. The van der Waals surface area contributed by atoms with Crippen molar-refractivity contribution in [1.82, 2.24) is 9.38 Å². The van der Waals surface area contributed by atoms with Crippen molar-refractivity contribution in [3.63, 3.8) is 0 Å². The molecular weight excluding hydrogens is 248 g/mol. The second-order valence-corrected chi connectivity index (χ2v) is 4.75. The average molecular weight is 262 g/mol. The van der Waals surface area contributed by atoms with Crippen LogP contribution in [-0.2, 0) is 6.42 Å². The zero-order valence-electron chi connectivity index (χ0n) is 11.2. The summed E-state index contributed by atoms with van der Waals surface area (Å²) in [5, 5.41) is 9.08. The lowest BCUT2D eigenvalue weighted by Gasteiger charge is -2.02. The Balaban J connectivity index is 2.32. The number of imidazole rings is 1. The molecule has 4 heteroatoms. The molecule has 0 radical (unpaired) electrons. The molecule has 0 amide bonds. The van der Waals surface area contributed by atoms with Gasteiger partial charge in [0.1, 0.15) is 5.65 Å². The molecule has 2 heterocycles. The van der Waals surface area contributed by atoms with Crippen LogP contribution in [0.3, 0.4) is 0 Å². The Hall–Kier alpha value is -2.80. The molecule has 2 N–H and O–H groups in total. The maximum absolute atomic E-state index is 9.08. The SMILES string of the molecule is Cc1cccn2c(CC#N)c(-c3cccc(N)c3)nc12. The number of nitriles is 1. The third-order valence-corrected chi connectivity index (χ3v) is 3.35. The molecule has 0 aliphatic carbocycles. The highest BCUT2D eigenvalue weighted by atomic mass is 15.0. The summed E-state index contributed by atoms with van der Waals surface area (Å²) in [6.07, 6.45) is 2.26. The summed E-state index contributed by atoms with van der Waals surface area (Å²) in [4.78, 5) is 4.70. The second kappa shape index (κ2) is 4.71. The number of hydrogen-bond donors (Lipinski definition) is 1. The average Bonchev–Trinajstić information content (AvgIpc) is 2.80. The number of nitrogens with zero attached hydrogens (tertiary/aromatic N) is 3. The van der Waals surface area contributed by atoms with Gasteiger partial charge < -0.3 is 10.1 Å². The van der Waals surface area contributed by atoms with Gasteiger partial charge in [-0.05, 0) is 30.7 Å². The van der Waals surface area contributed by atoms with E-state index in [1.807, 2.05) is 53.9 Å². The molecule has 0 saturated heterocycles. The first-order chi connectivity index (χ1) is 9.70. The molecule has 2 aromatic heterocycles. The molecule has 98 valence electrons. The molecule has 20 heavy (non-hydrogen) atoms. The smallest absolute Gasteiger partial charge is 0.140 e. The van der Waals surface area contributed by atoms with Gasteiger partial charge in [-0.3, -0.25) is 0 Å². The molecule has 0 bridgehead atoms.